The number of nitrogens with zero attached hydrogens (tertiary/aromatic N) is 2. The number of nitrogens with one attached hydrogen (secondary N) is 2. The highest BCUT2D eigenvalue weighted by Crippen LogP contribution is 2.20. The molecule has 6 heteroatoms. The molecule has 0 bridgehead atoms. The number of anilines is 2. The Labute approximate surface area is 144 Å². The fourth-order valence-electron chi connectivity index (χ4n) is 2.13. The molecule has 0 spiro atoms. The van der Waals surface area contributed by atoms with Crippen molar-refractivity contribution in [3.05, 3.63) is 83.4 Å². The Morgan fingerprint density at radius 2 is 1.83 bits per heavy atom. The number of aromatic nitrogens is 2. The molecule has 0 radical (unpaired) electrons. The summed E-state index contributed by atoms with van der Waals surface area (Å²) >= 11 is 5.97. The summed E-state index contributed by atoms with van der Waals surface area (Å²) in [4.78, 5) is 20.5. The average molecular weight is 339 g/mol. The lowest BCUT2D eigenvalue weighted by Gasteiger charge is -2.09. The smallest absolute Gasteiger partial charge is 0.270 e. The molecule has 2 N–H and O–H groups in total. The summed E-state index contributed by atoms with van der Waals surface area (Å²) in [5, 5.41) is 6.64. The fraction of sp³-hybridized carbons (Fsp3) is 0.0556. The molecule has 0 aliphatic heterocycles. The van der Waals surface area contributed by atoms with E-state index < -0.39 is 0 Å². The van der Waals surface area contributed by atoms with E-state index in [9.17, 15) is 4.79 Å². The minimum atomic E-state index is -0.254. The van der Waals surface area contributed by atoms with Gasteiger partial charge in [-0.05, 0) is 42.5 Å². The zero-order valence-electron chi connectivity index (χ0n) is 12.7. The highest BCUT2D eigenvalue weighted by atomic mass is 35.5. The molecule has 0 unspecified atom stereocenters. The van der Waals surface area contributed by atoms with E-state index in [1.807, 2.05) is 36.4 Å². The number of rotatable bonds is 5. The van der Waals surface area contributed by atoms with Gasteiger partial charge in [-0.1, -0.05) is 23.7 Å². The molecule has 0 saturated carbocycles. The van der Waals surface area contributed by atoms with Gasteiger partial charge in [0, 0.05) is 28.8 Å². The quantitative estimate of drug-likeness (QED) is 0.742. The second-order valence-corrected chi connectivity index (χ2v) is 5.51. The van der Waals surface area contributed by atoms with E-state index in [0.29, 0.717) is 17.3 Å². The van der Waals surface area contributed by atoms with Gasteiger partial charge in [-0.2, -0.15) is 0 Å². The number of carbonyl (C=O) groups is 1. The van der Waals surface area contributed by atoms with Crippen LogP contribution in [0.3, 0.4) is 0 Å². The summed E-state index contributed by atoms with van der Waals surface area (Å²) in [6.45, 7) is 0.354. The summed E-state index contributed by atoms with van der Waals surface area (Å²) in [5.41, 5.74) is 2.72. The largest absolute Gasteiger partial charge is 0.355 e. The van der Waals surface area contributed by atoms with Gasteiger partial charge in [-0.25, -0.2) is 0 Å². The Bertz CT molecular complexity index is 839. The Balaban J connectivity index is 1.67. The van der Waals surface area contributed by atoms with Gasteiger partial charge in [0.15, 0.2) is 0 Å². The third-order valence-corrected chi connectivity index (χ3v) is 3.50. The molecule has 1 aromatic carbocycles. The van der Waals surface area contributed by atoms with Gasteiger partial charge in [0.1, 0.15) is 5.69 Å². The lowest BCUT2D eigenvalue weighted by molar-refractivity contribution is 0.0945. The van der Waals surface area contributed by atoms with E-state index in [1.165, 1.54) is 0 Å². The van der Waals surface area contributed by atoms with Gasteiger partial charge in [0.05, 0.1) is 12.2 Å². The minimum Gasteiger partial charge on any atom is -0.355 e. The molecule has 1 amide bonds. The van der Waals surface area contributed by atoms with Gasteiger partial charge < -0.3 is 10.6 Å². The first kappa shape index (κ1) is 16.0. The van der Waals surface area contributed by atoms with E-state index >= 15 is 0 Å². The van der Waals surface area contributed by atoms with Crippen LogP contribution in [0.25, 0.3) is 0 Å². The molecule has 0 saturated heterocycles. The molecule has 0 fully saturated rings. The molecule has 3 aromatic rings. The van der Waals surface area contributed by atoms with Crippen molar-refractivity contribution < 1.29 is 4.79 Å². The molecule has 120 valence electrons. The van der Waals surface area contributed by atoms with E-state index in [-0.39, 0.29) is 5.91 Å². The summed E-state index contributed by atoms with van der Waals surface area (Å²) in [5.74, 6) is -0.254. The van der Waals surface area contributed by atoms with Crippen LogP contribution < -0.4 is 10.6 Å². The van der Waals surface area contributed by atoms with E-state index in [2.05, 4.69) is 20.6 Å². The van der Waals surface area contributed by atoms with Crippen LogP contribution in [0.5, 0.6) is 0 Å². The Morgan fingerprint density at radius 3 is 2.62 bits per heavy atom. The topological polar surface area (TPSA) is 66.9 Å². The molecular formula is C18H15ClN4O. The van der Waals surface area contributed by atoms with Crippen LogP contribution in [0.4, 0.5) is 11.4 Å². The number of carbonyl (C=O) groups excluding carboxylic acids is 1. The first-order valence-electron chi connectivity index (χ1n) is 7.37. The highest BCUT2D eigenvalue weighted by molar-refractivity contribution is 6.30. The number of pyridine rings is 2. The molecule has 0 aliphatic carbocycles. The van der Waals surface area contributed by atoms with Gasteiger partial charge in [-0.15, -0.1) is 0 Å². The number of amides is 1. The van der Waals surface area contributed by atoms with Crippen molar-refractivity contribution in [2.24, 2.45) is 0 Å². The van der Waals surface area contributed by atoms with Gasteiger partial charge >= 0.3 is 0 Å². The minimum absolute atomic E-state index is 0.254. The summed E-state index contributed by atoms with van der Waals surface area (Å²) in [6, 6.07) is 16.4. The third-order valence-electron chi connectivity index (χ3n) is 3.26. The van der Waals surface area contributed by atoms with Crippen LogP contribution in [-0.4, -0.2) is 15.9 Å². The van der Waals surface area contributed by atoms with Crippen LogP contribution >= 0.6 is 11.6 Å². The predicted octanol–water partition coefficient (Wildman–Crippen LogP) is 3.80. The Kier molecular flexibility index (Phi) is 5.03. The second kappa shape index (κ2) is 7.57. The number of benzene rings is 1. The summed E-state index contributed by atoms with van der Waals surface area (Å²) < 4.78 is 0. The van der Waals surface area contributed by atoms with Crippen molar-refractivity contribution in [2.75, 3.05) is 5.32 Å². The fourth-order valence-corrected chi connectivity index (χ4v) is 2.32. The molecule has 3 rings (SSSR count). The standard InChI is InChI=1S/C18H15ClN4O/c19-13-4-3-6-14(10-13)23-15-7-9-21-17(11-15)18(24)22-12-16-5-1-2-8-20-16/h1-11H,12H2,(H,21,23)(H,22,24). The van der Waals surface area contributed by atoms with Crippen molar-refractivity contribution in [2.45, 2.75) is 6.54 Å². The van der Waals surface area contributed by atoms with Crippen LogP contribution in [0.1, 0.15) is 16.2 Å². The lowest BCUT2D eigenvalue weighted by atomic mass is 10.2. The zero-order chi connectivity index (χ0) is 16.8. The van der Waals surface area contributed by atoms with Crippen LogP contribution in [-0.2, 0) is 6.54 Å². The van der Waals surface area contributed by atoms with Crippen molar-refractivity contribution in [1.82, 2.24) is 15.3 Å². The molecular weight excluding hydrogens is 324 g/mol. The average Bonchev–Trinajstić information content (AvgIpc) is 2.61. The maximum absolute atomic E-state index is 12.2. The molecule has 2 aromatic heterocycles. The molecule has 24 heavy (non-hydrogen) atoms. The van der Waals surface area contributed by atoms with Crippen molar-refractivity contribution in [3.8, 4) is 0 Å². The maximum Gasteiger partial charge on any atom is 0.270 e. The SMILES string of the molecule is O=C(NCc1ccccn1)c1cc(Nc2cccc(Cl)c2)ccn1. The van der Waals surface area contributed by atoms with Crippen molar-refractivity contribution in [3.63, 3.8) is 0 Å². The van der Waals surface area contributed by atoms with Crippen molar-refractivity contribution >= 4 is 28.9 Å². The first-order valence-corrected chi connectivity index (χ1v) is 7.75. The predicted molar refractivity (Wildman–Crippen MR) is 94.4 cm³/mol. The van der Waals surface area contributed by atoms with Crippen LogP contribution in [0.15, 0.2) is 67.0 Å². The summed E-state index contributed by atoms with van der Waals surface area (Å²) in [7, 11) is 0. The molecule has 0 aliphatic rings. The van der Waals surface area contributed by atoms with Crippen LogP contribution in [0.2, 0.25) is 5.02 Å². The maximum atomic E-state index is 12.2. The lowest BCUT2D eigenvalue weighted by Crippen LogP contribution is -2.24. The van der Waals surface area contributed by atoms with E-state index in [0.717, 1.165) is 17.1 Å². The highest BCUT2D eigenvalue weighted by Gasteiger charge is 2.08. The molecule has 5 nitrogen and oxygen atoms in total. The van der Waals surface area contributed by atoms with Crippen LogP contribution in [0, 0.1) is 0 Å². The Hall–Kier alpha value is -2.92. The van der Waals surface area contributed by atoms with Crippen molar-refractivity contribution in [1.29, 1.82) is 0 Å². The normalized spacial score (nSPS) is 10.2. The monoisotopic (exact) mass is 338 g/mol. The number of halogens is 1. The Morgan fingerprint density at radius 1 is 0.958 bits per heavy atom. The molecule has 0 atom stereocenters. The molecule has 2 heterocycles. The van der Waals surface area contributed by atoms with Gasteiger partial charge in [0.2, 0.25) is 0 Å². The number of hydrogen-bond acceptors (Lipinski definition) is 4. The second-order valence-electron chi connectivity index (χ2n) is 5.07. The van der Waals surface area contributed by atoms with Gasteiger partial charge in [-0.3, -0.25) is 14.8 Å². The van der Waals surface area contributed by atoms with E-state index in [4.69, 9.17) is 11.6 Å². The zero-order valence-corrected chi connectivity index (χ0v) is 13.5. The third kappa shape index (κ3) is 4.30. The summed E-state index contributed by atoms with van der Waals surface area (Å²) in [6.07, 6.45) is 3.28. The first-order chi connectivity index (χ1) is 11.7. The number of hydrogen-bond donors (Lipinski definition) is 2. The van der Waals surface area contributed by atoms with Gasteiger partial charge in [0.25, 0.3) is 5.91 Å². The van der Waals surface area contributed by atoms with E-state index in [1.54, 1.807) is 30.6 Å².